The van der Waals surface area contributed by atoms with E-state index in [9.17, 15) is 54.1 Å². The minimum atomic E-state index is -6.41. The molecule has 6 N–H and O–H groups in total. The number of halogens is 12. The van der Waals surface area contributed by atoms with Crippen molar-refractivity contribution in [2.45, 2.75) is 42.7 Å². The number of anilines is 2. The summed E-state index contributed by atoms with van der Waals surface area (Å²) in [4.78, 5) is 0. The van der Waals surface area contributed by atoms with E-state index in [-0.39, 0.29) is 24.3 Å². The van der Waals surface area contributed by atoms with E-state index in [0.717, 1.165) is 0 Å². The molecular weight excluding hydrogens is 548 g/mol. The lowest BCUT2D eigenvalue weighted by Crippen LogP contribution is -2.61. The van der Waals surface area contributed by atoms with Gasteiger partial charge in [-0.1, -0.05) is 12.1 Å². The lowest BCUT2D eigenvalue weighted by molar-refractivity contribution is -0.468. The van der Waals surface area contributed by atoms with E-state index in [1.165, 1.54) is 0 Å². The Labute approximate surface area is 198 Å². The van der Waals surface area contributed by atoms with Crippen LogP contribution in [0.15, 0.2) is 36.4 Å². The van der Waals surface area contributed by atoms with Crippen molar-refractivity contribution in [2.75, 3.05) is 11.5 Å². The molecule has 1 atom stereocenters. The molecule has 18 heteroatoms. The third-order valence-electron chi connectivity index (χ3n) is 4.88. The molecule has 0 fully saturated rings. The number of hydrogen-bond acceptors (Lipinski definition) is 6. The molecule has 0 saturated carbocycles. The monoisotopic (exact) mass is 562 g/mol. The number of alkyl halides is 12. The van der Waals surface area contributed by atoms with E-state index in [1.54, 1.807) is 0 Å². The second-order valence-electron chi connectivity index (χ2n) is 7.30. The van der Waals surface area contributed by atoms with Gasteiger partial charge in [-0.3, -0.25) is 9.47 Å². The lowest BCUT2D eigenvalue weighted by atomic mass is 9.72. The van der Waals surface area contributed by atoms with Crippen LogP contribution in [-0.2, 0) is 14.9 Å². The van der Waals surface area contributed by atoms with Gasteiger partial charge in [0, 0.05) is 0 Å². The van der Waals surface area contributed by atoms with Gasteiger partial charge in [-0.15, -0.1) is 13.2 Å². The van der Waals surface area contributed by atoms with Crippen LogP contribution in [0.3, 0.4) is 0 Å². The number of phenolic OH excluding ortho intramolecular Hbond substituents is 2. The Morgan fingerprint density at radius 2 is 1.08 bits per heavy atom. The molecule has 1 unspecified atom stereocenters. The molecule has 0 amide bonds. The van der Waals surface area contributed by atoms with Crippen LogP contribution in [0.1, 0.15) is 11.1 Å². The fraction of sp³-hybridized carbons (Fsp3) is 0.368. The van der Waals surface area contributed by atoms with Gasteiger partial charge >= 0.3 is 31.0 Å². The highest BCUT2D eigenvalue weighted by Crippen LogP contribution is 2.58. The molecule has 0 heterocycles. The quantitative estimate of drug-likeness (QED) is 0.147. The van der Waals surface area contributed by atoms with Crippen molar-refractivity contribution in [2.24, 2.45) is 0 Å². The third kappa shape index (κ3) is 5.53. The summed E-state index contributed by atoms with van der Waals surface area (Å²) in [6.07, 6.45) is -29.3. The molecule has 0 bridgehead atoms. The van der Waals surface area contributed by atoms with Crippen LogP contribution in [0.5, 0.6) is 11.5 Å². The van der Waals surface area contributed by atoms with Gasteiger partial charge < -0.3 is 21.7 Å². The van der Waals surface area contributed by atoms with Gasteiger partial charge in [-0.05, 0) is 35.4 Å². The predicted octanol–water partition coefficient (Wildman–Crippen LogP) is 5.48. The minimum Gasteiger partial charge on any atom is -0.506 e. The second-order valence-corrected chi connectivity index (χ2v) is 7.30. The molecule has 2 rings (SSSR count). The first-order valence-electron chi connectivity index (χ1n) is 9.28. The molecule has 0 aliphatic carbocycles. The molecule has 208 valence electrons. The van der Waals surface area contributed by atoms with Crippen LogP contribution < -0.4 is 11.5 Å². The summed E-state index contributed by atoms with van der Waals surface area (Å²) in [5.41, 5.74) is -0.0386. The largest absolute Gasteiger partial charge is 0.525 e. The summed E-state index contributed by atoms with van der Waals surface area (Å²) in [6.45, 7) is 0. The average Bonchev–Trinajstić information content (AvgIpc) is 2.70. The van der Waals surface area contributed by atoms with E-state index in [2.05, 4.69) is 9.47 Å². The standard InChI is InChI=1S/C19H14F12N2O4/c20-13(21)16(22,23)14(37-19(29,30)31)36-18(27,28)15(17(24,25)26,7-1-3-11(34)9(32)5-7)8-2-4-12(35)10(33)6-8/h1-6,13-14,34-35H,32-33H2. The fourth-order valence-electron chi connectivity index (χ4n) is 3.20. The summed E-state index contributed by atoms with van der Waals surface area (Å²) in [6, 6.07) is 1.03. The van der Waals surface area contributed by atoms with Crippen LogP contribution in [0.2, 0.25) is 0 Å². The summed E-state index contributed by atoms with van der Waals surface area (Å²) in [5.74, 6) is -8.15. The van der Waals surface area contributed by atoms with E-state index >= 15 is 8.78 Å². The zero-order chi connectivity index (χ0) is 28.8. The van der Waals surface area contributed by atoms with Crippen molar-refractivity contribution in [3.63, 3.8) is 0 Å². The summed E-state index contributed by atoms with van der Waals surface area (Å²) < 4.78 is 171. The van der Waals surface area contributed by atoms with Gasteiger partial charge in [0.25, 0.3) is 0 Å². The Bertz CT molecular complexity index is 1070. The van der Waals surface area contributed by atoms with Gasteiger partial charge in [-0.25, -0.2) is 8.78 Å². The highest BCUT2D eigenvalue weighted by atomic mass is 19.4. The molecule has 2 aromatic carbocycles. The van der Waals surface area contributed by atoms with E-state index in [1.807, 2.05) is 0 Å². The Morgan fingerprint density at radius 3 is 1.38 bits per heavy atom. The first-order chi connectivity index (χ1) is 16.6. The molecule has 2 aromatic rings. The van der Waals surface area contributed by atoms with Gasteiger partial charge in [0.2, 0.25) is 11.7 Å². The van der Waals surface area contributed by atoms with Crippen molar-refractivity contribution in [1.82, 2.24) is 0 Å². The molecule has 0 saturated heterocycles. The topological polar surface area (TPSA) is 111 Å². The summed E-state index contributed by atoms with van der Waals surface area (Å²) in [7, 11) is 0. The number of benzene rings is 2. The minimum absolute atomic E-state index is 0.0496. The number of aromatic hydroxyl groups is 2. The number of nitrogens with two attached hydrogens (primary N) is 2. The van der Waals surface area contributed by atoms with Crippen molar-refractivity contribution in [3.05, 3.63) is 47.5 Å². The Hall–Kier alpha value is -3.28. The summed E-state index contributed by atoms with van der Waals surface area (Å²) in [5, 5.41) is 19.0. The van der Waals surface area contributed by atoms with Crippen LogP contribution in [0, 0.1) is 0 Å². The second kappa shape index (κ2) is 9.55. The van der Waals surface area contributed by atoms with E-state index in [0.29, 0.717) is 12.1 Å². The maximum absolute atomic E-state index is 15.5. The predicted molar refractivity (Wildman–Crippen MR) is 99.8 cm³/mol. The first kappa shape index (κ1) is 29.9. The molecule has 0 aromatic heterocycles. The number of phenols is 2. The third-order valence-corrected chi connectivity index (χ3v) is 4.88. The Balaban J connectivity index is 2.97. The Kier molecular flexibility index (Phi) is 7.73. The zero-order valence-electron chi connectivity index (χ0n) is 17.5. The number of nitrogen functional groups attached to an aromatic ring is 2. The lowest BCUT2D eigenvalue weighted by Gasteiger charge is -2.43. The van der Waals surface area contributed by atoms with Crippen LogP contribution in [0.4, 0.5) is 64.1 Å². The fourth-order valence-corrected chi connectivity index (χ4v) is 3.20. The van der Waals surface area contributed by atoms with Gasteiger partial charge in [-0.2, -0.15) is 30.7 Å². The molecular formula is C19H14F12N2O4. The maximum Gasteiger partial charge on any atom is 0.525 e. The zero-order valence-corrected chi connectivity index (χ0v) is 17.5. The summed E-state index contributed by atoms with van der Waals surface area (Å²) >= 11 is 0. The number of hydrogen-bond donors (Lipinski definition) is 4. The molecule has 0 aliphatic heterocycles. The number of rotatable bonds is 8. The highest BCUT2D eigenvalue weighted by molar-refractivity contribution is 5.61. The molecule has 0 radical (unpaired) electrons. The van der Waals surface area contributed by atoms with Gasteiger partial charge in [0.05, 0.1) is 11.4 Å². The molecule has 0 aliphatic rings. The van der Waals surface area contributed by atoms with E-state index < -0.39 is 76.7 Å². The van der Waals surface area contributed by atoms with Crippen molar-refractivity contribution >= 4 is 11.4 Å². The normalized spacial score (nSPS) is 14.7. The number of ether oxygens (including phenoxy) is 2. The first-order valence-corrected chi connectivity index (χ1v) is 9.28. The van der Waals surface area contributed by atoms with Crippen LogP contribution in [0.25, 0.3) is 0 Å². The molecule has 0 spiro atoms. The van der Waals surface area contributed by atoms with Crippen molar-refractivity contribution in [3.8, 4) is 11.5 Å². The molecule has 37 heavy (non-hydrogen) atoms. The van der Waals surface area contributed by atoms with Crippen molar-refractivity contribution in [1.29, 1.82) is 0 Å². The Morgan fingerprint density at radius 1 is 0.676 bits per heavy atom. The van der Waals surface area contributed by atoms with E-state index in [4.69, 9.17) is 11.5 Å². The van der Waals surface area contributed by atoms with Crippen LogP contribution in [-0.4, -0.2) is 47.5 Å². The maximum atomic E-state index is 15.5. The van der Waals surface area contributed by atoms with Gasteiger partial charge in [0.1, 0.15) is 11.5 Å². The van der Waals surface area contributed by atoms with Crippen molar-refractivity contribution < 1.29 is 72.4 Å². The molecule has 6 nitrogen and oxygen atoms in total. The smallest absolute Gasteiger partial charge is 0.506 e. The highest BCUT2D eigenvalue weighted by Gasteiger charge is 2.75. The SMILES string of the molecule is Nc1cc(C(c2ccc(O)c(N)c2)(C(F)(F)F)C(F)(F)OC(OC(F)(F)F)C(F)(F)C(F)F)ccc1O. The average molecular weight is 562 g/mol. The van der Waals surface area contributed by atoms with Crippen LogP contribution >= 0.6 is 0 Å². The van der Waals surface area contributed by atoms with Gasteiger partial charge in [0.15, 0.2) is 0 Å².